The highest BCUT2D eigenvalue weighted by Gasteiger charge is 2.26. The standard InChI is InChI=1S/C26H33F2N5S/c1-19-16-32(17-20(2)31(19)3)13-14-34-33(23-7-5-4-6-8-23)18-21-9-11-22(12-10-21)24-15-25(26(27)28)30-29-24/h4-12,19-20,26H,13-18H2,1-3H3. The Morgan fingerprint density at radius 1 is 1.00 bits per heavy atom. The van der Waals surface area contributed by atoms with Crippen molar-refractivity contribution in [2.75, 3.05) is 36.7 Å². The molecule has 0 aliphatic carbocycles. The molecule has 0 bridgehead atoms. The molecule has 2 unspecified atom stereocenters. The van der Waals surface area contributed by atoms with Crippen LogP contribution < -0.4 is 4.31 Å². The van der Waals surface area contributed by atoms with E-state index in [-0.39, 0.29) is 12.1 Å². The highest BCUT2D eigenvalue weighted by Crippen LogP contribution is 2.26. The molecule has 5 nitrogen and oxygen atoms in total. The van der Waals surface area contributed by atoms with Crippen molar-refractivity contribution in [2.24, 2.45) is 10.2 Å². The van der Waals surface area contributed by atoms with Gasteiger partial charge in [-0.3, -0.25) is 9.80 Å². The summed E-state index contributed by atoms with van der Waals surface area (Å²) in [5, 5.41) is 7.57. The van der Waals surface area contributed by atoms with Crippen LogP contribution in [0, 0.1) is 0 Å². The van der Waals surface area contributed by atoms with Gasteiger partial charge < -0.3 is 4.31 Å². The van der Waals surface area contributed by atoms with Gasteiger partial charge in [0.15, 0.2) is 0 Å². The number of hydrogen-bond donors (Lipinski definition) is 0. The first-order valence-corrected chi connectivity index (χ1v) is 12.8. The Morgan fingerprint density at radius 2 is 1.68 bits per heavy atom. The summed E-state index contributed by atoms with van der Waals surface area (Å²) in [5.41, 5.74) is 3.63. The Labute approximate surface area is 205 Å². The number of rotatable bonds is 9. The normalized spacial score (nSPS) is 21.6. The van der Waals surface area contributed by atoms with Crippen molar-refractivity contribution in [3.8, 4) is 0 Å². The van der Waals surface area contributed by atoms with Crippen molar-refractivity contribution in [1.82, 2.24) is 9.80 Å². The summed E-state index contributed by atoms with van der Waals surface area (Å²) in [6.07, 6.45) is -2.43. The molecular weight excluding hydrogens is 452 g/mol. The summed E-state index contributed by atoms with van der Waals surface area (Å²) in [5.74, 6) is 1.01. The second-order valence-electron chi connectivity index (χ2n) is 9.14. The molecule has 2 atom stereocenters. The zero-order valence-electron chi connectivity index (χ0n) is 20.1. The fourth-order valence-corrected chi connectivity index (χ4v) is 5.47. The Balaban J connectivity index is 1.36. The molecule has 34 heavy (non-hydrogen) atoms. The summed E-state index contributed by atoms with van der Waals surface area (Å²) < 4.78 is 28.0. The molecule has 0 radical (unpaired) electrons. The molecule has 0 saturated carbocycles. The summed E-state index contributed by atoms with van der Waals surface area (Å²) in [6, 6.07) is 19.6. The summed E-state index contributed by atoms with van der Waals surface area (Å²) in [4.78, 5) is 5.03. The SMILES string of the molecule is CC1CN(CCSN(Cc2ccc(C3=NN=C(C(F)F)C3)cc2)c2ccccc2)CC(C)N1C. The summed E-state index contributed by atoms with van der Waals surface area (Å²) in [7, 11) is 2.22. The van der Waals surface area contributed by atoms with Crippen molar-refractivity contribution in [3.63, 3.8) is 0 Å². The third kappa shape index (κ3) is 6.23. The minimum Gasteiger partial charge on any atom is -0.312 e. The Bertz CT molecular complexity index is 984. The topological polar surface area (TPSA) is 34.4 Å². The van der Waals surface area contributed by atoms with Crippen LogP contribution in [0.25, 0.3) is 0 Å². The van der Waals surface area contributed by atoms with Crippen LogP contribution in [-0.4, -0.2) is 72.2 Å². The molecule has 0 N–H and O–H groups in total. The number of hydrogen-bond acceptors (Lipinski definition) is 6. The molecule has 2 aromatic rings. The van der Waals surface area contributed by atoms with Crippen LogP contribution in [0.4, 0.5) is 14.5 Å². The van der Waals surface area contributed by atoms with Gasteiger partial charge in [0.05, 0.1) is 12.3 Å². The van der Waals surface area contributed by atoms with E-state index in [1.165, 1.54) is 5.69 Å². The number of piperazine rings is 1. The van der Waals surface area contributed by atoms with Gasteiger partial charge in [0.2, 0.25) is 0 Å². The third-order valence-electron chi connectivity index (χ3n) is 6.65. The molecule has 1 fully saturated rings. The van der Waals surface area contributed by atoms with Crippen LogP contribution in [0.2, 0.25) is 0 Å². The van der Waals surface area contributed by atoms with Gasteiger partial charge in [-0.15, -0.1) is 0 Å². The van der Waals surface area contributed by atoms with Gasteiger partial charge >= 0.3 is 0 Å². The van der Waals surface area contributed by atoms with Gasteiger partial charge in [0.1, 0.15) is 5.71 Å². The number of halogens is 2. The van der Waals surface area contributed by atoms with Gasteiger partial charge in [-0.1, -0.05) is 42.5 Å². The van der Waals surface area contributed by atoms with Crippen LogP contribution in [0.3, 0.4) is 0 Å². The lowest BCUT2D eigenvalue weighted by molar-refractivity contribution is 0.0641. The molecule has 2 aliphatic rings. The number of nitrogens with zero attached hydrogens (tertiary/aromatic N) is 5. The lowest BCUT2D eigenvalue weighted by Crippen LogP contribution is -2.55. The van der Waals surface area contributed by atoms with E-state index in [4.69, 9.17) is 0 Å². The van der Waals surface area contributed by atoms with Crippen LogP contribution in [0.5, 0.6) is 0 Å². The van der Waals surface area contributed by atoms with Gasteiger partial charge in [0, 0.05) is 49.6 Å². The average Bonchev–Trinajstić information content (AvgIpc) is 3.34. The minimum absolute atomic E-state index is 0.118. The number of likely N-dealkylation sites (N-methyl/N-ethyl adjacent to an activating group) is 1. The van der Waals surface area contributed by atoms with Crippen LogP contribution in [0.15, 0.2) is 64.8 Å². The van der Waals surface area contributed by atoms with Crippen molar-refractivity contribution < 1.29 is 8.78 Å². The molecule has 0 amide bonds. The van der Waals surface area contributed by atoms with Crippen LogP contribution >= 0.6 is 11.9 Å². The predicted molar refractivity (Wildman–Crippen MR) is 139 cm³/mol. The van der Waals surface area contributed by atoms with Gasteiger partial charge in [0.25, 0.3) is 6.43 Å². The van der Waals surface area contributed by atoms with E-state index in [0.29, 0.717) is 17.8 Å². The first-order valence-electron chi connectivity index (χ1n) is 11.8. The predicted octanol–water partition coefficient (Wildman–Crippen LogP) is 5.18. The van der Waals surface area contributed by atoms with Crippen molar-refractivity contribution in [1.29, 1.82) is 0 Å². The molecule has 1 saturated heterocycles. The first kappa shape index (κ1) is 24.8. The van der Waals surface area contributed by atoms with Crippen LogP contribution in [-0.2, 0) is 6.54 Å². The fraction of sp³-hybridized carbons (Fsp3) is 0.462. The molecule has 4 rings (SSSR count). The maximum absolute atomic E-state index is 12.9. The lowest BCUT2D eigenvalue weighted by Gasteiger charge is -2.42. The molecular formula is C26H33F2N5S. The van der Waals surface area contributed by atoms with Gasteiger partial charge in [-0.2, -0.15) is 10.2 Å². The molecule has 2 aliphatic heterocycles. The van der Waals surface area contributed by atoms with Crippen LogP contribution in [0.1, 0.15) is 31.4 Å². The van der Waals surface area contributed by atoms with Crippen molar-refractivity contribution in [3.05, 3.63) is 65.7 Å². The summed E-state index contributed by atoms with van der Waals surface area (Å²) in [6.45, 7) is 8.63. The van der Waals surface area contributed by atoms with E-state index in [2.05, 4.69) is 81.6 Å². The molecule has 0 aromatic heterocycles. The first-order chi connectivity index (χ1) is 16.4. The lowest BCUT2D eigenvalue weighted by atomic mass is 10.0. The molecule has 2 heterocycles. The second-order valence-corrected chi connectivity index (χ2v) is 10.2. The maximum atomic E-state index is 12.9. The van der Waals surface area contributed by atoms with Crippen molar-refractivity contribution in [2.45, 2.75) is 45.3 Å². The fourth-order valence-electron chi connectivity index (χ4n) is 4.40. The largest absolute Gasteiger partial charge is 0.312 e. The monoisotopic (exact) mass is 485 g/mol. The van der Waals surface area contributed by atoms with E-state index in [1.54, 1.807) is 0 Å². The van der Waals surface area contributed by atoms with E-state index >= 15 is 0 Å². The third-order valence-corrected chi connectivity index (χ3v) is 7.66. The Hall–Kier alpha value is -2.29. The smallest absolute Gasteiger partial charge is 0.278 e. The van der Waals surface area contributed by atoms with E-state index in [1.807, 2.05) is 30.1 Å². The maximum Gasteiger partial charge on any atom is 0.278 e. The zero-order valence-corrected chi connectivity index (χ0v) is 20.9. The quantitative estimate of drug-likeness (QED) is 0.459. The highest BCUT2D eigenvalue weighted by molar-refractivity contribution is 8.00. The second kappa shape index (κ2) is 11.4. The number of alkyl halides is 2. The minimum atomic E-state index is -2.55. The van der Waals surface area contributed by atoms with Gasteiger partial charge in [-0.05, 0) is 56.1 Å². The summed E-state index contributed by atoms with van der Waals surface area (Å²) >= 11 is 1.85. The number of anilines is 1. The molecule has 0 spiro atoms. The van der Waals surface area contributed by atoms with E-state index in [9.17, 15) is 8.78 Å². The zero-order chi connectivity index (χ0) is 24.1. The Kier molecular flexibility index (Phi) is 8.34. The highest BCUT2D eigenvalue weighted by atomic mass is 32.2. The molecule has 182 valence electrons. The number of benzene rings is 2. The average molecular weight is 486 g/mol. The van der Waals surface area contributed by atoms with Gasteiger partial charge in [-0.25, -0.2) is 8.78 Å². The molecule has 8 heteroatoms. The van der Waals surface area contributed by atoms with E-state index < -0.39 is 6.43 Å². The molecule has 2 aromatic carbocycles. The number of para-hydroxylation sites is 1. The Morgan fingerprint density at radius 3 is 2.29 bits per heavy atom. The van der Waals surface area contributed by atoms with E-state index in [0.717, 1.165) is 43.1 Å². The van der Waals surface area contributed by atoms with Crippen molar-refractivity contribution >= 4 is 29.1 Å².